The summed E-state index contributed by atoms with van der Waals surface area (Å²) in [6.07, 6.45) is 3.00. The van der Waals surface area contributed by atoms with E-state index >= 15 is 0 Å². The van der Waals surface area contributed by atoms with E-state index in [0.29, 0.717) is 0 Å². The highest BCUT2D eigenvalue weighted by Crippen LogP contribution is 2.31. The number of halogens is 1. The molecular weight excluding hydrogens is 242 g/mol. The molecule has 2 nitrogen and oxygen atoms in total. The van der Waals surface area contributed by atoms with Crippen LogP contribution in [0.5, 0.6) is 5.75 Å². The number of nitrogens with two attached hydrogens (primary N) is 1. The lowest BCUT2D eigenvalue weighted by Crippen LogP contribution is -2.12. The number of aryl methyl sites for hydroxylation is 1. The highest BCUT2D eigenvalue weighted by Gasteiger charge is 2.13. The summed E-state index contributed by atoms with van der Waals surface area (Å²) < 4.78 is 5.34. The van der Waals surface area contributed by atoms with Crippen LogP contribution in [0.1, 0.15) is 23.6 Å². The molecule has 16 heavy (non-hydrogen) atoms. The Bertz CT molecular complexity index is 357. The molecule has 90 valence electrons. The minimum absolute atomic E-state index is 0.0134. The number of rotatable bonds is 5. The van der Waals surface area contributed by atoms with E-state index in [1.165, 1.54) is 0 Å². The first-order chi connectivity index (χ1) is 7.60. The lowest BCUT2D eigenvalue weighted by molar-refractivity contribution is 0.405. The van der Waals surface area contributed by atoms with Crippen molar-refractivity contribution in [3.8, 4) is 5.75 Å². The standard InChI is InChI=1S/C12H18ClNOS/c1-8-6-12(15-2)9(7-10(8)13)11(14)4-5-16-3/h6-7,11H,4-5,14H2,1-3H3. The summed E-state index contributed by atoms with van der Waals surface area (Å²) in [5.41, 5.74) is 8.13. The lowest BCUT2D eigenvalue weighted by Gasteiger charge is -2.16. The third-order valence-electron chi connectivity index (χ3n) is 2.54. The Labute approximate surface area is 107 Å². The third kappa shape index (κ3) is 3.30. The smallest absolute Gasteiger partial charge is 0.123 e. The van der Waals surface area contributed by atoms with Crippen LogP contribution in [-0.4, -0.2) is 19.1 Å². The van der Waals surface area contributed by atoms with Crippen LogP contribution in [0.2, 0.25) is 5.02 Å². The van der Waals surface area contributed by atoms with Gasteiger partial charge in [-0.1, -0.05) is 11.6 Å². The summed E-state index contributed by atoms with van der Waals surface area (Å²) in [5.74, 6) is 1.87. The maximum Gasteiger partial charge on any atom is 0.123 e. The van der Waals surface area contributed by atoms with Crippen molar-refractivity contribution in [1.29, 1.82) is 0 Å². The van der Waals surface area contributed by atoms with Crippen LogP contribution < -0.4 is 10.5 Å². The fourth-order valence-corrected chi connectivity index (χ4v) is 2.20. The quantitative estimate of drug-likeness (QED) is 0.880. The van der Waals surface area contributed by atoms with Crippen molar-refractivity contribution in [2.75, 3.05) is 19.1 Å². The number of methoxy groups -OCH3 is 1. The van der Waals surface area contributed by atoms with E-state index in [1.807, 2.05) is 19.1 Å². The Morgan fingerprint density at radius 1 is 1.50 bits per heavy atom. The van der Waals surface area contributed by atoms with Crippen molar-refractivity contribution >= 4 is 23.4 Å². The third-order valence-corrected chi connectivity index (χ3v) is 3.59. The van der Waals surface area contributed by atoms with Gasteiger partial charge in [0, 0.05) is 16.6 Å². The molecule has 1 atom stereocenters. The van der Waals surface area contributed by atoms with Crippen molar-refractivity contribution in [3.63, 3.8) is 0 Å². The highest BCUT2D eigenvalue weighted by atomic mass is 35.5. The molecular formula is C12H18ClNOS. The molecule has 1 unspecified atom stereocenters. The van der Waals surface area contributed by atoms with E-state index in [0.717, 1.165) is 34.1 Å². The molecule has 0 spiro atoms. The summed E-state index contributed by atoms with van der Waals surface area (Å²) in [5, 5.41) is 0.746. The van der Waals surface area contributed by atoms with Crippen LogP contribution in [0, 0.1) is 6.92 Å². The summed E-state index contributed by atoms with van der Waals surface area (Å²) in [4.78, 5) is 0. The molecule has 0 aliphatic rings. The van der Waals surface area contributed by atoms with E-state index in [2.05, 4.69) is 6.26 Å². The summed E-state index contributed by atoms with van der Waals surface area (Å²) in [6, 6.07) is 3.85. The Hall–Kier alpha value is -0.380. The van der Waals surface area contributed by atoms with Gasteiger partial charge in [-0.3, -0.25) is 0 Å². The Kier molecular flexibility index (Phi) is 5.46. The minimum atomic E-state index is -0.0134. The van der Waals surface area contributed by atoms with Gasteiger partial charge in [-0.05, 0) is 43.0 Å². The van der Waals surface area contributed by atoms with Crippen LogP contribution in [0.25, 0.3) is 0 Å². The molecule has 1 aromatic carbocycles. The molecule has 0 fully saturated rings. The van der Waals surface area contributed by atoms with Gasteiger partial charge in [0.05, 0.1) is 7.11 Å². The van der Waals surface area contributed by atoms with Crippen molar-refractivity contribution in [2.45, 2.75) is 19.4 Å². The molecule has 0 heterocycles. The van der Waals surface area contributed by atoms with Gasteiger partial charge >= 0.3 is 0 Å². The Morgan fingerprint density at radius 2 is 2.19 bits per heavy atom. The lowest BCUT2D eigenvalue weighted by atomic mass is 10.0. The molecule has 0 bridgehead atoms. The van der Waals surface area contributed by atoms with Gasteiger partial charge in [0.25, 0.3) is 0 Å². The molecule has 0 amide bonds. The average Bonchev–Trinajstić information content (AvgIpc) is 2.28. The molecule has 4 heteroatoms. The van der Waals surface area contributed by atoms with Gasteiger partial charge in [-0.2, -0.15) is 11.8 Å². The van der Waals surface area contributed by atoms with Gasteiger partial charge in [0.2, 0.25) is 0 Å². The monoisotopic (exact) mass is 259 g/mol. The fourth-order valence-electron chi connectivity index (χ4n) is 1.54. The van der Waals surface area contributed by atoms with Crippen LogP contribution in [-0.2, 0) is 0 Å². The van der Waals surface area contributed by atoms with Gasteiger partial charge in [0.1, 0.15) is 5.75 Å². The zero-order chi connectivity index (χ0) is 12.1. The fraction of sp³-hybridized carbons (Fsp3) is 0.500. The zero-order valence-corrected chi connectivity index (χ0v) is 11.5. The second-order valence-electron chi connectivity index (χ2n) is 3.73. The van der Waals surface area contributed by atoms with E-state index in [4.69, 9.17) is 22.1 Å². The molecule has 2 N–H and O–H groups in total. The van der Waals surface area contributed by atoms with Crippen LogP contribution in [0.3, 0.4) is 0 Å². The minimum Gasteiger partial charge on any atom is -0.496 e. The number of benzene rings is 1. The van der Waals surface area contributed by atoms with Gasteiger partial charge < -0.3 is 10.5 Å². The van der Waals surface area contributed by atoms with E-state index < -0.39 is 0 Å². The summed E-state index contributed by atoms with van der Waals surface area (Å²) >= 11 is 7.90. The first kappa shape index (κ1) is 13.7. The number of hydrogen-bond donors (Lipinski definition) is 1. The zero-order valence-electron chi connectivity index (χ0n) is 9.92. The SMILES string of the molecule is COc1cc(C)c(Cl)cc1C(N)CCSC. The molecule has 1 rings (SSSR count). The van der Waals surface area contributed by atoms with Crippen molar-refractivity contribution in [3.05, 3.63) is 28.3 Å². The van der Waals surface area contributed by atoms with Gasteiger partial charge in [-0.25, -0.2) is 0 Å². The van der Waals surface area contributed by atoms with Gasteiger partial charge in [-0.15, -0.1) is 0 Å². The second-order valence-corrected chi connectivity index (χ2v) is 5.12. The average molecular weight is 260 g/mol. The molecule has 0 saturated carbocycles. The number of hydrogen-bond acceptors (Lipinski definition) is 3. The van der Waals surface area contributed by atoms with Crippen LogP contribution in [0.4, 0.5) is 0 Å². The first-order valence-electron chi connectivity index (χ1n) is 5.18. The van der Waals surface area contributed by atoms with Crippen LogP contribution in [0.15, 0.2) is 12.1 Å². The van der Waals surface area contributed by atoms with Gasteiger partial charge in [0.15, 0.2) is 0 Å². The summed E-state index contributed by atoms with van der Waals surface area (Å²) in [7, 11) is 1.66. The van der Waals surface area contributed by atoms with Crippen molar-refractivity contribution in [1.82, 2.24) is 0 Å². The topological polar surface area (TPSA) is 35.2 Å². The predicted octanol–water partition coefficient (Wildman–Crippen LogP) is 3.41. The molecule has 0 aliphatic carbocycles. The van der Waals surface area contributed by atoms with Crippen molar-refractivity contribution < 1.29 is 4.74 Å². The first-order valence-corrected chi connectivity index (χ1v) is 6.96. The summed E-state index contributed by atoms with van der Waals surface area (Å²) in [6.45, 7) is 1.96. The Balaban J connectivity index is 2.96. The highest BCUT2D eigenvalue weighted by molar-refractivity contribution is 7.98. The molecule has 0 radical (unpaired) electrons. The molecule has 0 saturated heterocycles. The van der Waals surface area contributed by atoms with E-state index in [9.17, 15) is 0 Å². The van der Waals surface area contributed by atoms with Crippen molar-refractivity contribution in [2.24, 2.45) is 5.73 Å². The van der Waals surface area contributed by atoms with E-state index in [1.54, 1.807) is 18.9 Å². The molecule has 0 aliphatic heterocycles. The second kappa shape index (κ2) is 6.38. The number of ether oxygens (including phenoxy) is 1. The maximum atomic E-state index is 6.12. The maximum absolute atomic E-state index is 6.12. The normalized spacial score (nSPS) is 12.6. The molecule has 1 aromatic rings. The van der Waals surface area contributed by atoms with Crippen LogP contribution >= 0.6 is 23.4 Å². The Morgan fingerprint density at radius 3 is 2.75 bits per heavy atom. The largest absolute Gasteiger partial charge is 0.496 e. The predicted molar refractivity (Wildman–Crippen MR) is 72.7 cm³/mol. The van der Waals surface area contributed by atoms with E-state index in [-0.39, 0.29) is 6.04 Å². The molecule has 0 aromatic heterocycles. The number of thioether (sulfide) groups is 1.